The van der Waals surface area contributed by atoms with Crippen LogP contribution in [0.15, 0.2) is 18.3 Å². The molecule has 7 heteroatoms. The van der Waals surface area contributed by atoms with E-state index in [4.69, 9.17) is 5.73 Å². The van der Waals surface area contributed by atoms with Crippen molar-refractivity contribution in [1.29, 1.82) is 0 Å². The van der Waals surface area contributed by atoms with Crippen LogP contribution in [0.1, 0.15) is 19.5 Å². The average Bonchev–Trinajstić information content (AvgIpc) is 2.41. The number of rotatable bonds is 3. The minimum atomic E-state index is 0. The Balaban J connectivity index is 0.00000200. The molecule has 1 aliphatic rings. The molecule has 1 saturated heterocycles. The number of piperazine rings is 1. The molecule has 0 radical (unpaired) electrons. The van der Waals surface area contributed by atoms with Gasteiger partial charge in [0.1, 0.15) is 0 Å². The molecule has 1 amide bonds. The number of nitrogens with two attached hydrogens (primary N) is 1. The van der Waals surface area contributed by atoms with Crippen molar-refractivity contribution in [2.45, 2.75) is 26.3 Å². The first kappa shape index (κ1) is 20.0. The van der Waals surface area contributed by atoms with Gasteiger partial charge in [-0.3, -0.25) is 14.7 Å². The quantitative estimate of drug-likeness (QED) is 0.911. The molecule has 0 bridgehead atoms. The van der Waals surface area contributed by atoms with Crippen molar-refractivity contribution >= 4 is 36.4 Å². The Morgan fingerprint density at radius 3 is 2.33 bits per heavy atom. The van der Waals surface area contributed by atoms with Gasteiger partial charge in [0, 0.05) is 37.9 Å². The lowest BCUT2D eigenvalue weighted by Crippen LogP contribution is -2.51. The minimum absolute atomic E-state index is 0. The molecule has 1 aliphatic heterocycles. The number of hydrogen-bond acceptors (Lipinski definition) is 4. The molecule has 5 nitrogen and oxygen atoms in total. The zero-order chi connectivity index (χ0) is 13.8. The predicted octanol–water partition coefficient (Wildman–Crippen LogP) is 1.60. The third-order valence-electron chi connectivity index (χ3n) is 3.58. The number of carbonyl (C=O) groups is 1. The smallest absolute Gasteiger partial charge is 0.228 e. The van der Waals surface area contributed by atoms with Crippen LogP contribution in [0.3, 0.4) is 0 Å². The van der Waals surface area contributed by atoms with E-state index in [1.807, 2.05) is 11.0 Å². The molecule has 0 saturated carbocycles. The van der Waals surface area contributed by atoms with E-state index in [9.17, 15) is 4.79 Å². The number of pyridine rings is 1. The predicted molar refractivity (Wildman–Crippen MR) is 90.1 cm³/mol. The van der Waals surface area contributed by atoms with Crippen molar-refractivity contribution in [3.05, 3.63) is 24.0 Å². The summed E-state index contributed by atoms with van der Waals surface area (Å²) < 4.78 is 0. The van der Waals surface area contributed by atoms with Crippen LogP contribution in [0.25, 0.3) is 0 Å². The summed E-state index contributed by atoms with van der Waals surface area (Å²) in [5.41, 5.74) is 6.99. The summed E-state index contributed by atoms with van der Waals surface area (Å²) >= 11 is 0. The summed E-state index contributed by atoms with van der Waals surface area (Å²) in [5.74, 6) is 0.153. The Hall–Kier alpha value is -1.04. The van der Waals surface area contributed by atoms with E-state index < -0.39 is 0 Å². The van der Waals surface area contributed by atoms with Gasteiger partial charge in [0.2, 0.25) is 5.91 Å². The van der Waals surface area contributed by atoms with Gasteiger partial charge in [-0.15, -0.1) is 24.8 Å². The number of nitrogens with zero attached hydrogens (tertiary/aromatic N) is 3. The maximum Gasteiger partial charge on any atom is 0.228 e. The second kappa shape index (κ2) is 9.07. The number of amides is 1. The summed E-state index contributed by atoms with van der Waals surface area (Å²) in [5, 5.41) is 0. The molecule has 1 aromatic heterocycles. The summed E-state index contributed by atoms with van der Waals surface area (Å²) in [4.78, 5) is 20.7. The van der Waals surface area contributed by atoms with Crippen LogP contribution in [0, 0.1) is 0 Å². The SMILES string of the molecule is CC(C)N1CCN(C(=O)Cc2ccc(N)cn2)CC1.Cl.Cl. The molecular formula is C14H24Cl2N4O. The van der Waals surface area contributed by atoms with Gasteiger partial charge in [-0.1, -0.05) is 0 Å². The van der Waals surface area contributed by atoms with E-state index in [-0.39, 0.29) is 30.7 Å². The third-order valence-corrected chi connectivity index (χ3v) is 3.58. The van der Waals surface area contributed by atoms with Gasteiger partial charge in [-0.05, 0) is 26.0 Å². The van der Waals surface area contributed by atoms with Crippen LogP contribution in [-0.4, -0.2) is 52.9 Å². The normalized spacial score (nSPS) is 15.3. The van der Waals surface area contributed by atoms with Gasteiger partial charge in [0.05, 0.1) is 18.3 Å². The van der Waals surface area contributed by atoms with Crippen molar-refractivity contribution in [2.75, 3.05) is 31.9 Å². The first-order valence-corrected chi connectivity index (χ1v) is 6.78. The monoisotopic (exact) mass is 334 g/mol. The lowest BCUT2D eigenvalue weighted by Gasteiger charge is -2.36. The highest BCUT2D eigenvalue weighted by atomic mass is 35.5. The fraction of sp³-hybridized carbons (Fsp3) is 0.571. The molecule has 0 spiro atoms. The number of hydrogen-bond donors (Lipinski definition) is 1. The molecular weight excluding hydrogens is 311 g/mol. The van der Waals surface area contributed by atoms with Crippen molar-refractivity contribution in [2.24, 2.45) is 0 Å². The maximum atomic E-state index is 12.2. The van der Waals surface area contributed by atoms with Crippen molar-refractivity contribution in [3.8, 4) is 0 Å². The highest BCUT2D eigenvalue weighted by molar-refractivity contribution is 5.85. The van der Waals surface area contributed by atoms with Crippen molar-refractivity contribution in [1.82, 2.24) is 14.8 Å². The van der Waals surface area contributed by atoms with Crippen molar-refractivity contribution in [3.63, 3.8) is 0 Å². The Kier molecular flexibility index (Phi) is 8.63. The molecule has 2 N–H and O–H groups in total. The fourth-order valence-corrected chi connectivity index (χ4v) is 2.29. The summed E-state index contributed by atoms with van der Waals surface area (Å²) in [7, 11) is 0. The maximum absolute atomic E-state index is 12.2. The number of carbonyl (C=O) groups excluding carboxylic acids is 1. The van der Waals surface area contributed by atoms with Gasteiger partial charge in [-0.25, -0.2) is 0 Å². The minimum Gasteiger partial charge on any atom is -0.397 e. The highest BCUT2D eigenvalue weighted by Crippen LogP contribution is 2.09. The van der Waals surface area contributed by atoms with Gasteiger partial charge in [0.15, 0.2) is 0 Å². The van der Waals surface area contributed by atoms with Crippen LogP contribution in [0.5, 0.6) is 0 Å². The molecule has 2 rings (SSSR count). The van der Waals surface area contributed by atoms with Crippen LogP contribution in [-0.2, 0) is 11.2 Å². The molecule has 0 atom stereocenters. The van der Waals surface area contributed by atoms with Crippen LogP contribution in [0.2, 0.25) is 0 Å². The number of halogens is 2. The van der Waals surface area contributed by atoms with E-state index >= 15 is 0 Å². The van der Waals surface area contributed by atoms with Crippen LogP contribution >= 0.6 is 24.8 Å². The second-order valence-electron chi connectivity index (χ2n) is 5.27. The molecule has 21 heavy (non-hydrogen) atoms. The Morgan fingerprint density at radius 2 is 1.86 bits per heavy atom. The Labute approximate surface area is 138 Å². The Morgan fingerprint density at radius 1 is 1.24 bits per heavy atom. The standard InChI is InChI=1S/C14H22N4O.2ClH/c1-11(2)17-5-7-18(8-6-17)14(19)9-13-4-3-12(15)10-16-13;;/h3-4,10-11H,5-9,15H2,1-2H3;2*1H. The lowest BCUT2D eigenvalue weighted by molar-refractivity contribution is -0.132. The summed E-state index contributed by atoms with van der Waals surface area (Å²) in [6.45, 7) is 7.92. The Bertz CT molecular complexity index is 431. The zero-order valence-electron chi connectivity index (χ0n) is 12.5. The lowest BCUT2D eigenvalue weighted by atomic mass is 10.2. The fourth-order valence-electron chi connectivity index (χ4n) is 2.29. The topological polar surface area (TPSA) is 62.5 Å². The van der Waals surface area contributed by atoms with E-state index in [0.717, 1.165) is 31.9 Å². The summed E-state index contributed by atoms with van der Waals surface area (Å²) in [6.07, 6.45) is 1.96. The number of nitrogen functional groups attached to an aromatic ring is 1. The molecule has 0 aliphatic carbocycles. The van der Waals surface area contributed by atoms with Gasteiger partial charge in [0.25, 0.3) is 0 Å². The van der Waals surface area contributed by atoms with Gasteiger partial charge >= 0.3 is 0 Å². The first-order chi connectivity index (χ1) is 9.06. The third kappa shape index (κ3) is 5.69. The summed E-state index contributed by atoms with van der Waals surface area (Å²) in [6, 6.07) is 4.15. The molecule has 120 valence electrons. The number of aromatic nitrogens is 1. The van der Waals surface area contributed by atoms with E-state index in [2.05, 4.69) is 23.7 Å². The highest BCUT2D eigenvalue weighted by Gasteiger charge is 2.22. The van der Waals surface area contributed by atoms with E-state index in [1.165, 1.54) is 0 Å². The largest absolute Gasteiger partial charge is 0.397 e. The molecule has 0 aromatic carbocycles. The van der Waals surface area contributed by atoms with Crippen molar-refractivity contribution < 1.29 is 4.79 Å². The van der Waals surface area contributed by atoms with Crippen LogP contribution in [0.4, 0.5) is 5.69 Å². The molecule has 1 fully saturated rings. The van der Waals surface area contributed by atoms with Crippen LogP contribution < -0.4 is 5.73 Å². The molecule has 1 aromatic rings. The average molecular weight is 335 g/mol. The molecule has 2 heterocycles. The second-order valence-corrected chi connectivity index (χ2v) is 5.27. The molecule has 0 unspecified atom stereocenters. The number of anilines is 1. The van der Waals surface area contributed by atoms with Gasteiger partial charge in [-0.2, -0.15) is 0 Å². The zero-order valence-corrected chi connectivity index (χ0v) is 14.1. The van der Waals surface area contributed by atoms with E-state index in [1.54, 1.807) is 12.3 Å². The first-order valence-electron chi connectivity index (χ1n) is 6.78. The van der Waals surface area contributed by atoms with E-state index in [0.29, 0.717) is 18.2 Å². The van der Waals surface area contributed by atoms with Gasteiger partial charge < -0.3 is 10.6 Å².